The van der Waals surface area contributed by atoms with Crippen LogP contribution in [0.25, 0.3) is 0 Å². The number of rotatable bonds is 1. The summed E-state index contributed by atoms with van der Waals surface area (Å²) >= 11 is 0. The summed E-state index contributed by atoms with van der Waals surface area (Å²) < 4.78 is 0. The van der Waals surface area contributed by atoms with Crippen molar-refractivity contribution in [1.29, 1.82) is 0 Å². The van der Waals surface area contributed by atoms with E-state index in [2.05, 4.69) is 27.2 Å². The van der Waals surface area contributed by atoms with E-state index in [9.17, 15) is 4.79 Å². The Balaban J connectivity index is 1.52. The van der Waals surface area contributed by atoms with Crippen molar-refractivity contribution in [2.45, 2.75) is 31.8 Å². The van der Waals surface area contributed by atoms with Gasteiger partial charge in [0.2, 0.25) is 0 Å². The van der Waals surface area contributed by atoms with Gasteiger partial charge in [-0.25, -0.2) is 0 Å². The van der Waals surface area contributed by atoms with Crippen molar-refractivity contribution >= 4 is 5.91 Å². The molecule has 0 radical (unpaired) electrons. The van der Waals surface area contributed by atoms with Crippen molar-refractivity contribution < 1.29 is 4.79 Å². The number of nitrogens with one attached hydrogen (secondary N) is 1. The van der Waals surface area contributed by atoms with Crippen LogP contribution in [0.1, 0.15) is 34.3 Å². The van der Waals surface area contributed by atoms with Gasteiger partial charge in [-0.2, -0.15) is 0 Å². The zero-order valence-corrected chi connectivity index (χ0v) is 12.5. The molecule has 4 heteroatoms. The molecule has 1 amide bonds. The van der Waals surface area contributed by atoms with Gasteiger partial charge in [0.05, 0.1) is 0 Å². The molecule has 0 saturated carbocycles. The molecule has 4 rings (SSSR count). The molecule has 0 spiro atoms. The topological polar surface area (TPSA) is 35.6 Å². The first-order valence-electron chi connectivity index (χ1n) is 8.17. The van der Waals surface area contributed by atoms with Crippen molar-refractivity contribution in [1.82, 2.24) is 15.1 Å². The van der Waals surface area contributed by atoms with Crippen LogP contribution in [-0.2, 0) is 13.0 Å². The summed E-state index contributed by atoms with van der Waals surface area (Å²) in [5.74, 6) is 0.225. The van der Waals surface area contributed by atoms with E-state index in [4.69, 9.17) is 0 Å². The molecule has 4 nitrogen and oxygen atoms in total. The van der Waals surface area contributed by atoms with Gasteiger partial charge < -0.3 is 10.2 Å². The molecule has 1 atom stereocenters. The molecule has 3 aliphatic heterocycles. The minimum atomic E-state index is 0.225. The number of piperazine rings is 1. The lowest BCUT2D eigenvalue weighted by Crippen LogP contribution is -2.52. The lowest BCUT2D eigenvalue weighted by molar-refractivity contribution is 0.0571. The number of carbonyl (C=O) groups is 1. The van der Waals surface area contributed by atoms with Crippen molar-refractivity contribution in [3.05, 3.63) is 34.9 Å². The van der Waals surface area contributed by atoms with Gasteiger partial charge in [0.15, 0.2) is 0 Å². The van der Waals surface area contributed by atoms with Crippen LogP contribution in [0.2, 0.25) is 0 Å². The molecule has 0 aromatic heterocycles. The Labute approximate surface area is 126 Å². The largest absolute Gasteiger partial charge is 0.336 e. The van der Waals surface area contributed by atoms with Gasteiger partial charge in [0, 0.05) is 37.8 Å². The van der Waals surface area contributed by atoms with Crippen LogP contribution in [0.5, 0.6) is 0 Å². The molecule has 112 valence electrons. The SMILES string of the molecule is O=C(c1ccc2c(c1)CCNC2)N1CCN2CCCC2C1. The Morgan fingerprint density at radius 2 is 2.14 bits per heavy atom. The van der Waals surface area contributed by atoms with Gasteiger partial charge in [-0.05, 0) is 55.6 Å². The van der Waals surface area contributed by atoms with Crippen molar-refractivity contribution in [2.24, 2.45) is 0 Å². The Morgan fingerprint density at radius 1 is 1.19 bits per heavy atom. The number of carbonyl (C=O) groups excluding carboxylic acids is 1. The molecular formula is C17H23N3O. The smallest absolute Gasteiger partial charge is 0.253 e. The summed E-state index contributed by atoms with van der Waals surface area (Å²) in [6.45, 7) is 6.02. The molecule has 1 aromatic rings. The van der Waals surface area contributed by atoms with Gasteiger partial charge >= 0.3 is 0 Å². The highest BCUT2D eigenvalue weighted by atomic mass is 16.2. The lowest BCUT2D eigenvalue weighted by atomic mass is 9.98. The minimum Gasteiger partial charge on any atom is -0.336 e. The molecule has 0 aliphatic carbocycles. The maximum atomic E-state index is 12.8. The maximum absolute atomic E-state index is 12.8. The molecule has 2 saturated heterocycles. The standard InChI is InChI=1S/C17H23N3O/c21-17(20-9-8-19-7-1-2-16(19)12-20)14-3-4-15-11-18-6-5-13(15)10-14/h3-4,10,16,18H,1-2,5-9,11-12H2. The molecule has 1 N–H and O–H groups in total. The first-order valence-corrected chi connectivity index (χ1v) is 8.17. The van der Waals surface area contributed by atoms with E-state index in [-0.39, 0.29) is 5.91 Å². The van der Waals surface area contributed by atoms with Gasteiger partial charge in [0.25, 0.3) is 5.91 Å². The van der Waals surface area contributed by atoms with E-state index >= 15 is 0 Å². The van der Waals surface area contributed by atoms with Crippen molar-refractivity contribution in [3.63, 3.8) is 0 Å². The second-order valence-electron chi connectivity index (χ2n) is 6.49. The number of benzene rings is 1. The summed E-state index contributed by atoms with van der Waals surface area (Å²) in [4.78, 5) is 17.4. The van der Waals surface area contributed by atoms with E-state index in [1.54, 1.807) is 0 Å². The third-order valence-electron chi connectivity index (χ3n) is 5.21. The number of hydrogen-bond acceptors (Lipinski definition) is 3. The second kappa shape index (κ2) is 5.43. The molecule has 0 bridgehead atoms. The summed E-state index contributed by atoms with van der Waals surface area (Å²) in [5, 5.41) is 3.38. The fraction of sp³-hybridized carbons (Fsp3) is 0.588. The van der Waals surface area contributed by atoms with E-state index in [1.165, 1.54) is 30.5 Å². The van der Waals surface area contributed by atoms with Crippen LogP contribution in [0.3, 0.4) is 0 Å². The summed E-state index contributed by atoms with van der Waals surface area (Å²) in [7, 11) is 0. The van der Waals surface area contributed by atoms with Crippen LogP contribution in [0.4, 0.5) is 0 Å². The van der Waals surface area contributed by atoms with Crippen LogP contribution < -0.4 is 5.32 Å². The third-order valence-corrected chi connectivity index (χ3v) is 5.21. The highest BCUT2D eigenvalue weighted by molar-refractivity contribution is 5.94. The van der Waals surface area contributed by atoms with Crippen LogP contribution >= 0.6 is 0 Å². The van der Waals surface area contributed by atoms with Crippen LogP contribution in [0.15, 0.2) is 18.2 Å². The molecule has 2 fully saturated rings. The fourth-order valence-electron chi connectivity index (χ4n) is 3.97. The molecule has 1 aromatic carbocycles. The normalized spacial score (nSPS) is 25.5. The predicted molar refractivity (Wildman–Crippen MR) is 82.4 cm³/mol. The van der Waals surface area contributed by atoms with Crippen LogP contribution in [0, 0.1) is 0 Å². The predicted octanol–water partition coefficient (Wildman–Crippen LogP) is 1.25. The van der Waals surface area contributed by atoms with Gasteiger partial charge in [-0.1, -0.05) is 6.07 Å². The average Bonchev–Trinajstić information content (AvgIpc) is 3.01. The molecule has 21 heavy (non-hydrogen) atoms. The Bertz CT molecular complexity index is 557. The van der Waals surface area contributed by atoms with E-state index in [0.29, 0.717) is 6.04 Å². The van der Waals surface area contributed by atoms with Crippen molar-refractivity contribution in [3.8, 4) is 0 Å². The maximum Gasteiger partial charge on any atom is 0.253 e. The van der Waals surface area contributed by atoms with Gasteiger partial charge in [-0.3, -0.25) is 9.69 Å². The van der Waals surface area contributed by atoms with Crippen LogP contribution in [-0.4, -0.2) is 54.5 Å². The first kappa shape index (κ1) is 13.3. The van der Waals surface area contributed by atoms with Gasteiger partial charge in [-0.15, -0.1) is 0 Å². The number of fused-ring (bicyclic) bond motifs is 2. The minimum absolute atomic E-state index is 0.225. The quantitative estimate of drug-likeness (QED) is 0.843. The summed E-state index contributed by atoms with van der Waals surface area (Å²) in [6, 6.07) is 6.86. The molecule has 3 aliphatic rings. The second-order valence-corrected chi connectivity index (χ2v) is 6.49. The first-order chi connectivity index (χ1) is 10.3. The number of amides is 1. The lowest BCUT2D eigenvalue weighted by Gasteiger charge is -2.37. The Kier molecular flexibility index (Phi) is 3.43. The monoisotopic (exact) mass is 285 g/mol. The summed E-state index contributed by atoms with van der Waals surface area (Å²) in [5.41, 5.74) is 3.57. The highest BCUT2D eigenvalue weighted by Crippen LogP contribution is 2.23. The van der Waals surface area contributed by atoms with E-state index < -0.39 is 0 Å². The Hall–Kier alpha value is -1.39. The fourth-order valence-corrected chi connectivity index (χ4v) is 3.97. The molecular weight excluding hydrogens is 262 g/mol. The van der Waals surface area contributed by atoms with E-state index in [1.807, 2.05) is 6.07 Å². The molecule has 1 unspecified atom stereocenters. The Morgan fingerprint density at radius 3 is 3.10 bits per heavy atom. The number of hydrogen-bond donors (Lipinski definition) is 1. The third kappa shape index (κ3) is 2.47. The average molecular weight is 285 g/mol. The van der Waals surface area contributed by atoms with Gasteiger partial charge in [0.1, 0.15) is 0 Å². The zero-order valence-electron chi connectivity index (χ0n) is 12.5. The molecule has 3 heterocycles. The van der Waals surface area contributed by atoms with Crippen molar-refractivity contribution in [2.75, 3.05) is 32.7 Å². The highest BCUT2D eigenvalue weighted by Gasteiger charge is 2.32. The zero-order chi connectivity index (χ0) is 14.2. The number of nitrogens with zero attached hydrogens (tertiary/aromatic N) is 2. The summed E-state index contributed by atoms with van der Waals surface area (Å²) in [6.07, 6.45) is 3.57. The van der Waals surface area contributed by atoms with E-state index in [0.717, 1.165) is 44.7 Å².